The first-order valence-corrected chi connectivity index (χ1v) is 7.90. The third-order valence-corrected chi connectivity index (χ3v) is 4.03. The van der Waals surface area contributed by atoms with E-state index in [1.54, 1.807) is 24.3 Å². The Morgan fingerprint density at radius 3 is 2.78 bits per heavy atom. The van der Waals surface area contributed by atoms with Crippen LogP contribution in [0.1, 0.15) is 10.5 Å². The molecule has 0 aliphatic heterocycles. The molecule has 0 saturated carbocycles. The predicted octanol–water partition coefficient (Wildman–Crippen LogP) is 3.86. The summed E-state index contributed by atoms with van der Waals surface area (Å²) >= 11 is 0. The van der Waals surface area contributed by atoms with Crippen LogP contribution in [-0.2, 0) is 0 Å². The summed E-state index contributed by atoms with van der Waals surface area (Å²) in [5, 5.41) is 21.1. The van der Waals surface area contributed by atoms with Gasteiger partial charge in [0.05, 0.1) is 16.1 Å². The minimum absolute atomic E-state index is 0.0423. The lowest BCUT2D eigenvalue weighted by Crippen LogP contribution is -2.12. The number of nitro benzene ring substituents is 1. The maximum Gasteiger partial charge on any atom is 0.272 e. The van der Waals surface area contributed by atoms with Crippen LogP contribution < -0.4 is 5.32 Å². The molecule has 9 heteroatoms. The second kappa shape index (κ2) is 6.37. The van der Waals surface area contributed by atoms with Crippen LogP contribution in [0, 0.1) is 15.9 Å². The van der Waals surface area contributed by atoms with Crippen molar-refractivity contribution in [3.05, 3.63) is 76.2 Å². The molecule has 134 valence electrons. The van der Waals surface area contributed by atoms with Crippen molar-refractivity contribution in [2.75, 3.05) is 5.32 Å². The normalized spacial score (nSPS) is 10.9. The van der Waals surface area contributed by atoms with Crippen molar-refractivity contribution < 1.29 is 14.1 Å². The number of carbonyl (C=O) groups excluding carboxylic acids is 1. The van der Waals surface area contributed by atoms with E-state index in [1.807, 2.05) is 0 Å². The highest BCUT2D eigenvalue weighted by Gasteiger charge is 2.16. The summed E-state index contributed by atoms with van der Waals surface area (Å²) in [7, 11) is 0. The third-order valence-electron chi connectivity index (χ3n) is 4.03. The number of rotatable bonds is 4. The first kappa shape index (κ1) is 16.5. The van der Waals surface area contributed by atoms with Gasteiger partial charge in [-0.25, -0.2) is 4.39 Å². The molecule has 1 amide bonds. The first-order valence-electron chi connectivity index (χ1n) is 7.90. The molecule has 0 spiro atoms. The number of benzene rings is 2. The number of carbonyl (C=O) groups is 1. The highest BCUT2D eigenvalue weighted by atomic mass is 19.1. The van der Waals surface area contributed by atoms with Gasteiger partial charge < -0.3 is 10.3 Å². The van der Waals surface area contributed by atoms with Crippen molar-refractivity contribution in [1.29, 1.82) is 0 Å². The number of nitrogens with one attached hydrogen (secondary N) is 3. The Kier molecular flexibility index (Phi) is 3.88. The number of amides is 1. The molecule has 2 aromatic carbocycles. The van der Waals surface area contributed by atoms with Crippen LogP contribution in [0.15, 0.2) is 54.6 Å². The Bertz CT molecular complexity index is 1180. The van der Waals surface area contributed by atoms with Gasteiger partial charge in [-0.2, -0.15) is 5.10 Å². The van der Waals surface area contributed by atoms with E-state index >= 15 is 0 Å². The summed E-state index contributed by atoms with van der Waals surface area (Å²) < 4.78 is 13.2. The van der Waals surface area contributed by atoms with Gasteiger partial charge >= 0.3 is 0 Å². The quantitative estimate of drug-likeness (QED) is 0.376. The SMILES string of the molecule is O=C(Nc1cccc(F)c1)c1ccc(-c2n[nH]c3cc([N+](=O)[O-])ccc23)[nH]1. The van der Waals surface area contributed by atoms with Crippen molar-refractivity contribution in [1.82, 2.24) is 15.2 Å². The molecule has 0 radical (unpaired) electrons. The number of hydrogen-bond donors (Lipinski definition) is 3. The van der Waals surface area contributed by atoms with Crippen LogP contribution in [0.4, 0.5) is 15.8 Å². The van der Waals surface area contributed by atoms with Crippen LogP contribution in [-0.4, -0.2) is 26.0 Å². The average Bonchev–Trinajstić information content (AvgIpc) is 3.28. The summed E-state index contributed by atoms with van der Waals surface area (Å²) in [6, 6.07) is 13.2. The first-order chi connectivity index (χ1) is 13.0. The highest BCUT2D eigenvalue weighted by molar-refractivity contribution is 6.04. The molecular weight excluding hydrogens is 353 g/mol. The zero-order chi connectivity index (χ0) is 19.0. The molecule has 4 aromatic rings. The molecule has 3 N–H and O–H groups in total. The molecule has 8 nitrogen and oxygen atoms in total. The summed E-state index contributed by atoms with van der Waals surface area (Å²) in [6.07, 6.45) is 0. The van der Waals surface area contributed by atoms with E-state index in [0.717, 1.165) is 0 Å². The largest absolute Gasteiger partial charge is 0.349 e. The van der Waals surface area contributed by atoms with Crippen LogP contribution in [0.2, 0.25) is 0 Å². The van der Waals surface area contributed by atoms with Gasteiger partial charge in [0, 0.05) is 23.2 Å². The van der Waals surface area contributed by atoms with E-state index in [2.05, 4.69) is 20.5 Å². The zero-order valence-corrected chi connectivity index (χ0v) is 13.7. The lowest BCUT2D eigenvalue weighted by molar-refractivity contribution is -0.384. The number of nitro groups is 1. The summed E-state index contributed by atoms with van der Waals surface area (Å²) in [5.74, 6) is -0.876. The second-order valence-corrected chi connectivity index (χ2v) is 5.81. The van der Waals surface area contributed by atoms with Crippen molar-refractivity contribution in [2.45, 2.75) is 0 Å². The van der Waals surface area contributed by atoms with E-state index in [0.29, 0.717) is 28.0 Å². The van der Waals surface area contributed by atoms with E-state index in [1.165, 1.54) is 30.3 Å². The minimum Gasteiger partial charge on any atom is -0.349 e. The Hall–Kier alpha value is -4.01. The van der Waals surface area contributed by atoms with E-state index < -0.39 is 16.6 Å². The van der Waals surface area contributed by atoms with E-state index in [9.17, 15) is 19.3 Å². The number of non-ortho nitro benzene ring substituents is 1. The van der Waals surface area contributed by atoms with Gasteiger partial charge in [-0.15, -0.1) is 0 Å². The number of hydrogen-bond acceptors (Lipinski definition) is 4. The zero-order valence-electron chi connectivity index (χ0n) is 13.7. The molecule has 0 unspecified atom stereocenters. The molecule has 0 bridgehead atoms. The van der Waals surface area contributed by atoms with Gasteiger partial charge in [-0.1, -0.05) is 6.07 Å². The van der Waals surface area contributed by atoms with Crippen molar-refractivity contribution in [2.24, 2.45) is 0 Å². The molecule has 27 heavy (non-hydrogen) atoms. The average molecular weight is 365 g/mol. The smallest absolute Gasteiger partial charge is 0.272 e. The van der Waals surface area contributed by atoms with Gasteiger partial charge in [0.2, 0.25) is 0 Å². The third kappa shape index (κ3) is 3.13. The molecule has 2 heterocycles. The molecular formula is C18H12FN5O3. The molecule has 2 aromatic heterocycles. The number of halogens is 1. The van der Waals surface area contributed by atoms with Crippen LogP contribution in [0.25, 0.3) is 22.3 Å². The van der Waals surface area contributed by atoms with Gasteiger partial charge in [0.25, 0.3) is 11.6 Å². The van der Waals surface area contributed by atoms with Gasteiger partial charge in [0.1, 0.15) is 17.2 Å². The molecule has 0 saturated heterocycles. The Morgan fingerprint density at radius 1 is 1.15 bits per heavy atom. The number of H-pyrrole nitrogens is 2. The van der Waals surface area contributed by atoms with Crippen molar-refractivity contribution >= 4 is 28.2 Å². The fraction of sp³-hybridized carbons (Fsp3) is 0. The number of fused-ring (bicyclic) bond motifs is 1. The van der Waals surface area contributed by atoms with Crippen LogP contribution in [0.3, 0.4) is 0 Å². The molecule has 4 rings (SSSR count). The number of nitrogens with zero attached hydrogens (tertiary/aromatic N) is 2. The number of aromatic amines is 2. The van der Waals surface area contributed by atoms with Crippen molar-refractivity contribution in [3.8, 4) is 11.4 Å². The van der Waals surface area contributed by atoms with Gasteiger partial charge in [-0.3, -0.25) is 20.0 Å². The standard InChI is InChI=1S/C18H12FN5O3/c19-10-2-1-3-11(8-10)20-18(25)15-7-6-14(21-15)17-13-5-4-12(24(26)27)9-16(13)22-23-17/h1-9,21H,(H,20,25)(H,22,23). The number of aromatic nitrogens is 3. The Morgan fingerprint density at radius 2 is 2.00 bits per heavy atom. The lowest BCUT2D eigenvalue weighted by atomic mass is 10.1. The maximum absolute atomic E-state index is 13.2. The fourth-order valence-electron chi connectivity index (χ4n) is 2.76. The Balaban J connectivity index is 1.61. The maximum atomic E-state index is 13.2. The van der Waals surface area contributed by atoms with Crippen molar-refractivity contribution in [3.63, 3.8) is 0 Å². The summed E-state index contributed by atoms with van der Waals surface area (Å²) in [5.41, 5.74) is 2.18. The van der Waals surface area contributed by atoms with Gasteiger partial charge in [-0.05, 0) is 36.4 Å². The molecule has 0 atom stereocenters. The van der Waals surface area contributed by atoms with Crippen LogP contribution >= 0.6 is 0 Å². The highest BCUT2D eigenvalue weighted by Crippen LogP contribution is 2.28. The topological polar surface area (TPSA) is 117 Å². The molecule has 0 aliphatic rings. The molecule has 0 fully saturated rings. The molecule has 0 aliphatic carbocycles. The van der Waals surface area contributed by atoms with E-state index in [-0.39, 0.29) is 11.4 Å². The van der Waals surface area contributed by atoms with E-state index in [4.69, 9.17) is 0 Å². The summed E-state index contributed by atoms with van der Waals surface area (Å²) in [4.78, 5) is 25.7. The summed E-state index contributed by atoms with van der Waals surface area (Å²) in [6.45, 7) is 0. The monoisotopic (exact) mass is 365 g/mol. The van der Waals surface area contributed by atoms with Crippen LogP contribution in [0.5, 0.6) is 0 Å². The minimum atomic E-state index is -0.483. The van der Waals surface area contributed by atoms with Gasteiger partial charge in [0.15, 0.2) is 0 Å². The Labute approximate surface area is 151 Å². The lowest BCUT2D eigenvalue weighted by Gasteiger charge is -2.03. The predicted molar refractivity (Wildman–Crippen MR) is 96.9 cm³/mol. The fourth-order valence-corrected chi connectivity index (χ4v) is 2.76. The second-order valence-electron chi connectivity index (χ2n) is 5.81. The number of anilines is 1.